The second kappa shape index (κ2) is 6.95. The lowest BCUT2D eigenvalue weighted by Crippen LogP contribution is -2.25. The van der Waals surface area contributed by atoms with E-state index in [4.69, 9.17) is 10.7 Å². The van der Waals surface area contributed by atoms with Crippen molar-refractivity contribution >= 4 is 23.1 Å². The fourth-order valence-corrected chi connectivity index (χ4v) is 4.02. The van der Waals surface area contributed by atoms with Gasteiger partial charge in [-0.15, -0.1) is 23.1 Å². The van der Waals surface area contributed by atoms with Gasteiger partial charge in [-0.05, 0) is 19.1 Å². The van der Waals surface area contributed by atoms with Crippen molar-refractivity contribution < 1.29 is 0 Å². The molecule has 0 aliphatic rings. The van der Waals surface area contributed by atoms with Crippen LogP contribution in [0.3, 0.4) is 0 Å². The molecule has 0 aliphatic heterocycles. The highest BCUT2D eigenvalue weighted by atomic mass is 32.2. The number of hydrogen-bond acceptors (Lipinski definition) is 4. The molecule has 4 heteroatoms. The maximum absolute atomic E-state index is 6.26. The number of hydrogen-bond donors (Lipinski definition) is 1. The van der Waals surface area contributed by atoms with Crippen molar-refractivity contribution in [2.45, 2.75) is 50.5 Å². The average Bonchev–Trinajstić information content (AvgIpc) is 2.85. The molecule has 114 valence electrons. The van der Waals surface area contributed by atoms with Crippen LogP contribution in [0, 0.1) is 6.92 Å². The molecular formula is C17H24N2S2. The first-order valence-electron chi connectivity index (χ1n) is 7.24. The van der Waals surface area contributed by atoms with Gasteiger partial charge in [0.05, 0.1) is 10.7 Å². The highest BCUT2D eigenvalue weighted by Crippen LogP contribution is 2.25. The highest BCUT2D eigenvalue weighted by Gasteiger charge is 2.18. The van der Waals surface area contributed by atoms with Gasteiger partial charge in [-0.2, -0.15) is 0 Å². The summed E-state index contributed by atoms with van der Waals surface area (Å²) in [6.07, 6.45) is 0.861. The van der Waals surface area contributed by atoms with E-state index in [1.165, 1.54) is 16.2 Å². The van der Waals surface area contributed by atoms with Gasteiger partial charge in [0.1, 0.15) is 0 Å². The van der Waals surface area contributed by atoms with E-state index in [0.717, 1.165) is 17.2 Å². The molecule has 2 N–H and O–H groups in total. The second-order valence-corrected chi connectivity index (χ2v) is 8.50. The first kappa shape index (κ1) is 16.5. The number of aryl methyl sites for hydroxylation is 1. The van der Waals surface area contributed by atoms with Crippen molar-refractivity contribution in [3.05, 3.63) is 45.9 Å². The largest absolute Gasteiger partial charge is 0.327 e. The van der Waals surface area contributed by atoms with Gasteiger partial charge in [-0.1, -0.05) is 38.5 Å². The molecule has 1 unspecified atom stereocenters. The molecule has 1 heterocycles. The minimum atomic E-state index is 0.120. The fourth-order valence-electron chi connectivity index (χ4n) is 1.94. The zero-order valence-electron chi connectivity index (χ0n) is 13.2. The summed E-state index contributed by atoms with van der Waals surface area (Å²) in [4.78, 5) is 6.01. The maximum Gasteiger partial charge on any atom is 0.0944 e. The van der Waals surface area contributed by atoms with E-state index in [9.17, 15) is 0 Å². The van der Waals surface area contributed by atoms with Crippen molar-refractivity contribution in [2.24, 2.45) is 5.73 Å². The van der Waals surface area contributed by atoms with Gasteiger partial charge in [0.15, 0.2) is 0 Å². The monoisotopic (exact) mass is 320 g/mol. The van der Waals surface area contributed by atoms with E-state index in [1.54, 1.807) is 11.3 Å². The smallest absolute Gasteiger partial charge is 0.0944 e. The van der Waals surface area contributed by atoms with Gasteiger partial charge in [0.25, 0.3) is 0 Å². The Balaban J connectivity index is 1.87. The summed E-state index contributed by atoms with van der Waals surface area (Å²) in [5.74, 6) is 0.924. The second-order valence-electron chi connectivity index (χ2n) is 6.47. The Bertz CT molecular complexity index is 584. The van der Waals surface area contributed by atoms with Crippen LogP contribution in [-0.4, -0.2) is 16.8 Å². The Morgan fingerprint density at radius 1 is 1.33 bits per heavy atom. The number of rotatable bonds is 5. The van der Waals surface area contributed by atoms with E-state index < -0.39 is 0 Å². The van der Waals surface area contributed by atoms with Gasteiger partial charge in [-0.3, -0.25) is 0 Å². The molecule has 0 bridgehead atoms. The van der Waals surface area contributed by atoms with E-state index in [2.05, 4.69) is 57.3 Å². The standard InChI is InChI=1S/C17H24N2S2/c1-12-6-5-7-14(8-12)20-10-13(18)9-16-19-15(11-21-16)17(2,3)4/h5-8,11,13H,9-10,18H2,1-4H3. The molecule has 2 rings (SSSR count). The van der Waals surface area contributed by atoms with Crippen molar-refractivity contribution in [1.29, 1.82) is 0 Å². The summed E-state index contributed by atoms with van der Waals surface area (Å²) in [6, 6.07) is 8.71. The lowest BCUT2D eigenvalue weighted by atomic mass is 9.93. The van der Waals surface area contributed by atoms with Gasteiger partial charge in [0.2, 0.25) is 0 Å². The van der Waals surface area contributed by atoms with Crippen LogP contribution in [0.25, 0.3) is 0 Å². The topological polar surface area (TPSA) is 38.9 Å². The van der Waals surface area contributed by atoms with Crippen LogP contribution in [0.5, 0.6) is 0 Å². The van der Waals surface area contributed by atoms with Crippen molar-refractivity contribution in [3.8, 4) is 0 Å². The van der Waals surface area contributed by atoms with Crippen LogP contribution in [0.1, 0.15) is 37.0 Å². The molecule has 0 amide bonds. The number of thioether (sulfide) groups is 1. The van der Waals surface area contributed by atoms with Gasteiger partial charge in [0, 0.05) is 33.9 Å². The molecular weight excluding hydrogens is 296 g/mol. The van der Waals surface area contributed by atoms with Gasteiger partial charge in [-0.25, -0.2) is 4.98 Å². The molecule has 0 saturated carbocycles. The van der Waals surface area contributed by atoms with Crippen molar-refractivity contribution in [3.63, 3.8) is 0 Å². The minimum Gasteiger partial charge on any atom is -0.327 e. The average molecular weight is 321 g/mol. The number of nitrogens with zero attached hydrogens (tertiary/aromatic N) is 1. The molecule has 0 fully saturated rings. The van der Waals surface area contributed by atoms with Crippen LogP contribution in [0.15, 0.2) is 34.5 Å². The van der Waals surface area contributed by atoms with Gasteiger partial charge >= 0.3 is 0 Å². The quantitative estimate of drug-likeness (QED) is 0.829. The Morgan fingerprint density at radius 3 is 2.71 bits per heavy atom. The third-order valence-electron chi connectivity index (χ3n) is 3.21. The zero-order chi connectivity index (χ0) is 15.5. The number of aromatic nitrogens is 1. The van der Waals surface area contributed by atoms with Crippen molar-refractivity contribution in [2.75, 3.05) is 5.75 Å². The van der Waals surface area contributed by atoms with E-state index in [0.29, 0.717) is 0 Å². The van der Waals surface area contributed by atoms with E-state index >= 15 is 0 Å². The molecule has 2 aromatic rings. The molecule has 1 atom stereocenters. The molecule has 0 radical (unpaired) electrons. The van der Waals surface area contributed by atoms with Crippen LogP contribution < -0.4 is 5.73 Å². The number of benzene rings is 1. The Morgan fingerprint density at radius 2 is 2.10 bits per heavy atom. The fraction of sp³-hybridized carbons (Fsp3) is 0.471. The number of thiazole rings is 1. The van der Waals surface area contributed by atoms with E-state index in [1.807, 2.05) is 11.8 Å². The third kappa shape index (κ3) is 5.13. The highest BCUT2D eigenvalue weighted by molar-refractivity contribution is 7.99. The molecule has 0 saturated heterocycles. The first-order valence-corrected chi connectivity index (χ1v) is 9.11. The summed E-state index contributed by atoms with van der Waals surface area (Å²) in [6.45, 7) is 8.70. The summed E-state index contributed by atoms with van der Waals surface area (Å²) < 4.78 is 0. The SMILES string of the molecule is Cc1cccc(SCC(N)Cc2nc(C(C)(C)C)cs2)c1. The first-order chi connectivity index (χ1) is 9.84. The Hall–Kier alpha value is -0.840. The predicted octanol–water partition coefficient (Wildman–Crippen LogP) is 4.41. The Kier molecular flexibility index (Phi) is 5.47. The molecule has 2 nitrogen and oxygen atoms in total. The Labute approximate surface area is 136 Å². The van der Waals surface area contributed by atoms with Crippen LogP contribution in [0.4, 0.5) is 0 Å². The normalized spacial score (nSPS) is 13.4. The molecule has 0 aliphatic carbocycles. The molecule has 21 heavy (non-hydrogen) atoms. The van der Waals surface area contributed by atoms with Crippen LogP contribution in [-0.2, 0) is 11.8 Å². The lowest BCUT2D eigenvalue weighted by molar-refractivity contribution is 0.569. The summed E-state index contributed by atoms with van der Waals surface area (Å²) in [5.41, 5.74) is 8.84. The summed E-state index contributed by atoms with van der Waals surface area (Å²) in [5, 5.41) is 3.31. The minimum absolute atomic E-state index is 0.120. The number of nitrogens with two attached hydrogens (primary N) is 1. The maximum atomic E-state index is 6.26. The summed E-state index contributed by atoms with van der Waals surface area (Å²) in [7, 11) is 0. The predicted molar refractivity (Wildman–Crippen MR) is 94.4 cm³/mol. The summed E-state index contributed by atoms with van der Waals surface area (Å²) >= 11 is 3.55. The molecule has 1 aromatic carbocycles. The van der Waals surface area contributed by atoms with Crippen LogP contribution in [0.2, 0.25) is 0 Å². The van der Waals surface area contributed by atoms with Crippen molar-refractivity contribution in [1.82, 2.24) is 4.98 Å². The lowest BCUT2D eigenvalue weighted by Gasteiger charge is -2.14. The van der Waals surface area contributed by atoms with E-state index in [-0.39, 0.29) is 11.5 Å². The van der Waals surface area contributed by atoms with Crippen LogP contribution >= 0.6 is 23.1 Å². The zero-order valence-corrected chi connectivity index (χ0v) is 14.9. The third-order valence-corrected chi connectivity index (χ3v) is 5.26. The molecule has 0 spiro atoms. The molecule has 1 aromatic heterocycles. The van der Waals surface area contributed by atoms with Gasteiger partial charge < -0.3 is 5.73 Å².